The van der Waals surface area contributed by atoms with Crippen LogP contribution in [0.2, 0.25) is 0 Å². The van der Waals surface area contributed by atoms with E-state index < -0.39 is 15.8 Å². The fourth-order valence-corrected chi connectivity index (χ4v) is 5.44. The van der Waals surface area contributed by atoms with Crippen molar-refractivity contribution >= 4 is 27.3 Å². The van der Waals surface area contributed by atoms with Crippen LogP contribution in [0.3, 0.4) is 0 Å². The number of aromatic nitrogens is 1. The molecule has 0 unspecified atom stereocenters. The van der Waals surface area contributed by atoms with Crippen molar-refractivity contribution in [2.45, 2.75) is 24.8 Å². The summed E-state index contributed by atoms with van der Waals surface area (Å²) in [5.41, 5.74) is 0.947. The van der Waals surface area contributed by atoms with E-state index in [1.807, 2.05) is 17.3 Å². The molecule has 10 heteroatoms. The molecule has 0 spiro atoms. The standard InChI is InChI=1S/C19H25FN4O3S2/c1-3-18-21-15(14-28-18)12-22(2)13-19(25)23-8-10-24(11-9-23)29(26,27)17-7-5-4-6-16(17)20/h4-7,14H,3,8-13H2,1-2H3. The van der Waals surface area contributed by atoms with Gasteiger partial charge in [-0.25, -0.2) is 17.8 Å². The molecule has 29 heavy (non-hydrogen) atoms. The van der Waals surface area contributed by atoms with Crippen LogP contribution in [0, 0.1) is 5.82 Å². The van der Waals surface area contributed by atoms with Gasteiger partial charge in [-0.2, -0.15) is 4.31 Å². The Bertz CT molecular complexity index is 956. The van der Waals surface area contributed by atoms with Crippen LogP contribution in [0.4, 0.5) is 4.39 Å². The molecule has 0 radical (unpaired) electrons. The zero-order valence-corrected chi connectivity index (χ0v) is 18.2. The Labute approximate surface area is 174 Å². The second kappa shape index (κ2) is 9.29. The molecule has 0 aliphatic carbocycles. The van der Waals surface area contributed by atoms with Crippen molar-refractivity contribution in [3.63, 3.8) is 0 Å². The van der Waals surface area contributed by atoms with Crippen LogP contribution >= 0.6 is 11.3 Å². The fourth-order valence-electron chi connectivity index (χ4n) is 3.22. The Kier molecular flexibility index (Phi) is 6.99. The number of piperazine rings is 1. The zero-order chi connectivity index (χ0) is 21.0. The van der Waals surface area contributed by atoms with Gasteiger partial charge in [0.2, 0.25) is 15.9 Å². The first-order valence-electron chi connectivity index (χ1n) is 9.45. The van der Waals surface area contributed by atoms with Gasteiger partial charge in [-0.1, -0.05) is 19.1 Å². The first kappa shape index (κ1) is 21.8. The molecule has 0 N–H and O–H groups in total. The summed E-state index contributed by atoms with van der Waals surface area (Å²) in [6, 6.07) is 5.35. The zero-order valence-electron chi connectivity index (χ0n) is 16.5. The maximum absolute atomic E-state index is 13.9. The number of sulfonamides is 1. The summed E-state index contributed by atoms with van der Waals surface area (Å²) in [6.07, 6.45) is 0.896. The van der Waals surface area contributed by atoms with Crippen LogP contribution in [0.25, 0.3) is 0 Å². The average molecular weight is 441 g/mol. The molecule has 0 atom stereocenters. The van der Waals surface area contributed by atoms with Crippen LogP contribution in [0.1, 0.15) is 17.6 Å². The largest absolute Gasteiger partial charge is 0.339 e. The van der Waals surface area contributed by atoms with Gasteiger partial charge in [-0.05, 0) is 25.6 Å². The van der Waals surface area contributed by atoms with Gasteiger partial charge in [0.25, 0.3) is 0 Å². The maximum Gasteiger partial charge on any atom is 0.246 e. The number of rotatable bonds is 7. The Balaban J connectivity index is 1.53. The minimum absolute atomic E-state index is 0.0543. The topological polar surface area (TPSA) is 73.8 Å². The molecule has 0 saturated carbocycles. The van der Waals surface area contributed by atoms with E-state index in [9.17, 15) is 17.6 Å². The van der Waals surface area contributed by atoms with Crippen molar-refractivity contribution in [2.75, 3.05) is 39.8 Å². The highest BCUT2D eigenvalue weighted by molar-refractivity contribution is 7.89. The van der Waals surface area contributed by atoms with Crippen LogP contribution in [-0.2, 0) is 27.8 Å². The van der Waals surface area contributed by atoms with Gasteiger partial charge in [-0.3, -0.25) is 9.69 Å². The lowest BCUT2D eigenvalue weighted by atomic mass is 10.3. The van der Waals surface area contributed by atoms with Crippen molar-refractivity contribution in [1.82, 2.24) is 19.1 Å². The summed E-state index contributed by atoms with van der Waals surface area (Å²) in [5.74, 6) is -0.817. The van der Waals surface area contributed by atoms with Gasteiger partial charge in [-0.15, -0.1) is 11.3 Å². The van der Waals surface area contributed by atoms with Crippen molar-refractivity contribution in [3.8, 4) is 0 Å². The molecule has 3 rings (SSSR count). The lowest BCUT2D eigenvalue weighted by Gasteiger charge is -2.34. The number of aryl methyl sites for hydroxylation is 1. The van der Waals surface area contributed by atoms with Gasteiger partial charge in [0.05, 0.1) is 17.2 Å². The van der Waals surface area contributed by atoms with Crippen LogP contribution in [0.15, 0.2) is 34.5 Å². The molecule has 1 fully saturated rings. The molecule has 1 saturated heterocycles. The van der Waals surface area contributed by atoms with Gasteiger partial charge >= 0.3 is 0 Å². The molecule has 2 heterocycles. The summed E-state index contributed by atoms with van der Waals surface area (Å²) in [5, 5.41) is 3.08. The van der Waals surface area contributed by atoms with E-state index >= 15 is 0 Å². The third-order valence-electron chi connectivity index (χ3n) is 4.78. The number of thiazole rings is 1. The number of benzene rings is 1. The highest BCUT2D eigenvalue weighted by atomic mass is 32.2. The molecule has 1 aliphatic rings. The molecule has 1 aromatic carbocycles. The van der Waals surface area contributed by atoms with E-state index in [1.54, 1.807) is 16.2 Å². The monoisotopic (exact) mass is 440 g/mol. The number of amides is 1. The first-order valence-corrected chi connectivity index (χ1v) is 11.8. The number of carbonyl (C=O) groups is 1. The Morgan fingerprint density at radius 2 is 1.93 bits per heavy atom. The predicted octanol–water partition coefficient (Wildman–Crippen LogP) is 1.81. The lowest BCUT2D eigenvalue weighted by Crippen LogP contribution is -2.52. The molecule has 1 aromatic heterocycles. The van der Waals surface area contributed by atoms with Gasteiger partial charge in [0.15, 0.2) is 0 Å². The summed E-state index contributed by atoms with van der Waals surface area (Å²) in [7, 11) is -2.04. The first-order chi connectivity index (χ1) is 13.8. The Morgan fingerprint density at radius 1 is 1.24 bits per heavy atom. The number of carbonyl (C=O) groups excluding carboxylic acids is 1. The van der Waals surface area contributed by atoms with E-state index in [0.29, 0.717) is 6.54 Å². The number of likely N-dealkylation sites (N-methyl/N-ethyl adjacent to an activating group) is 1. The smallest absolute Gasteiger partial charge is 0.246 e. The molecule has 158 valence electrons. The quantitative estimate of drug-likeness (QED) is 0.657. The van der Waals surface area contributed by atoms with Crippen molar-refractivity contribution < 1.29 is 17.6 Å². The molecule has 0 bridgehead atoms. The summed E-state index contributed by atoms with van der Waals surface area (Å²) < 4.78 is 40.5. The molecular weight excluding hydrogens is 415 g/mol. The Hall–Kier alpha value is -1.88. The van der Waals surface area contributed by atoms with E-state index in [2.05, 4.69) is 11.9 Å². The van der Waals surface area contributed by atoms with E-state index in [-0.39, 0.29) is 43.5 Å². The molecular formula is C19H25FN4O3S2. The highest BCUT2D eigenvalue weighted by Crippen LogP contribution is 2.20. The van der Waals surface area contributed by atoms with E-state index in [0.717, 1.165) is 23.2 Å². The van der Waals surface area contributed by atoms with Crippen LogP contribution < -0.4 is 0 Å². The minimum atomic E-state index is -3.90. The highest BCUT2D eigenvalue weighted by Gasteiger charge is 2.31. The van der Waals surface area contributed by atoms with Gasteiger partial charge < -0.3 is 4.90 Å². The summed E-state index contributed by atoms with van der Waals surface area (Å²) >= 11 is 1.62. The second-order valence-corrected chi connectivity index (χ2v) is 9.82. The van der Waals surface area contributed by atoms with Crippen LogP contribution in [0.5, 0.6) is 0 Å². The number of nitrogens with zero attached hydrogens (tertiary/aromatic N) is 4. The van der Waals surface area contributed by atoms with E-state index in [4.69, 9.17) is 0 Å². The predicted molar refractivity (Wildman–Crippen MR) is 110 cm³/mol. The second-order valence-electron chi connectivity index (χ2n) is 6.97. The molecule has 2 aromatic rings. The third kappa shape index (κ3) is 5.19. The van der Waals surface area contributed by atoms with Crippen LogP contribution in [-0.4, -0.2) is 73.2 Å². The van der Waals surface area contributed by atoms with Crippen molar-refractivity contribution in [2.24, 2.45) is 0 Å². The SMILES string of the molecule is CCc1nc(CN(C)CC(=O)N2CCN(S(=O)(=O)c3ccccc3F)CC2)cs1. The normalized spacial score (nSPS) is 15.8. The summed E-state index contributed by atoms with van der Waals surface area (Å²) in [6.45, 7) is 3.76. The van der Waals surface area contributed by atoms with Crippen molar-refractivity contribution in [1.29, 1.82) is 0 Å². The number of halogens is 1. The average Bonchev–Trinajstić information content (AvgIpc) is 3.15. The number of hydrogen-bond donors (Lipinski definition) is 0. The maximum atomic E-state index is 13.9. The van der Waals surface area contributed by atoms with E-state index in [1.165, 1.54) is 22.5 Å². The summed E-state index contributed by atoms with van der Waals surface area (Å²) in [4.78, 5) is 20.3. The van der Waals surface area contributed by atoms with Crippen molar-refractivity contribution in [3.05, 3.63) is 46.2 Å². The molecule has 7 nitrogen and oxygen atoms in total. The van der Waals surface area contributed by atoms with Gasteiger partial charge in [0, 0.05) is 38.1 Å². The molecule has 1 aliphatic heterocycles. The van der Waals surface area contributed by atoms with Gasteiger partial charge in [0.1, 0.15) is 10.7 Å². The fraction of sp³-hybridized carbons (Fsp3) is 0.474. The lowest BCUT2D eigenvalue weighted by molar-refractivity contribution is -0.133. The number of hydrogen-bond acceptors (Lipinski definition) is 6. The molecule has 1 amide bonds. The minimum Gasteiger partial charge on any atom is -0.339 e. The third-order valence-corrected chi connectivity index (χ3v) is 7.76. The Morgan fingerprint density at radius 3 is 2.55 bits per heavy atom.